The van der Waals surface area contributed by atoms with Crippen molar-refractivity contribution in [3.05, 3.63) is 29.8 Å². The molecule has 1 aromatic carbocycles. The third-order valence-corrected chi connectivity index (χ3v) is 5.18. The van der Waals surface area contributed by atoms with E-state index in [0.29, 0.717) is 12.3 Å². The SMILES string of the molecule is CC[C@@H]([C@H](O)c1ccc(OC)cc1)N(CSC(C)(C)C)C(=O)OC(C)(C)C. The van der Waals surface area contributed by atoms with Crippen LogP contribution in [0.3, 0.4) is 0 Å². The predicted octanol–water partition coefficient (Wildman–Crippen LogP) is 5.23. The molecule has 0 unspecified atom stereocenters. The van der Waals surface area contributed by atoms with Gasteiger partial charge in [-0.2, -0.15) is 0 Å². The van der Waals surface area contributed by atoms with Crippen LogP contribution in [0, 0.1) is 0 Å². The van der Waals surface area contributed by atoms with E-state index in [-0.39, 0.29) is 10.8 Å². The molecule has 0 aliphatic carbocycles. The Morgan fingerprint density at radius 3 is 2.11 bits per heavy atom. The first-order valence-corrected chi connectivity index (χ1v) is 10.3. The van der Waals surface area contributed by atoms with Gasteiger partial charge in [0.25, 0.3) is 0 Å². The zero-order valence-corrected chi connectivity index (χ0v) is 18.7. The Kier molecular flexibility index (Phi) is 8.48. The lowest BCUT2D eigenvalue weighted by Crippen LogP contribution is -2.46. The Bertz CT molecular complexity index is 590. The molecule has 0 fully saturated rings. The van der Waals surface area contributed by atoms with Crippen molar-refractivity contribution < 1.29 is 19.4 Å². The summed E-state index contributed by atoms with van der Waals surface area (Å²) < 4.78 is 10.8. The molecule has 0 bridgehead atoms. The number of amides is 1. The Morgan fingerprint density at radius 1 is 1.15 bits per heavy atom. The highest BCUT2D eigenvalue weighted by Crippen LogP contribution is 2.31. The second kappa shape index (κ2) is 9.69. The molecule has 0 radical (unpaired) electrons. The first-order chi connectivity index (χ1) is 12.4. The van der Waals surface area contributed by atoms with Gasteiger partial charge < -0.3 is 14.6 Å². The van der Waals surface area contributed by atoms with Gasteiger partial charge in [0.15, 0.2) is 0 Å². The smallest absolute Gasteiger partial charge is 0.411 e. The fourth-order valence-electron chi connectivity index (χ4n) is 2.50. The van der Waals surface area contributed by atoms with E-state index in [1.165, 1.54) is 0 Å². The van der Waals surface area contributed by atoms with Crippen molar-refractivity contribution in [3.8, 4) is 5.75 Å². The number of carbonyl (C=O) groups excluding carboxylic acids is 1. The molecule has 0 aliphatic heterocycles. The quantitative estimate of drug-likeness (QED) is 0.638. The predicted molar refractivity (Wildman–Crippen MR) is 112 cm³/mol. The van der Waals surface area contributed by atoms with Gasteiger partial charge in [0.1, 0.15) is 11.4 Å². The molecule has 2 atom stereocenters. The van der Waals surface area contributed by atoms with Crippen molar-refractivity contribution in [2.75, 3.05) is 13.0 Å². The summed E-state index contributed by atoms with van der Waals surface area (Å²) in [7, 11) is 1.61. The summed E-state index contributed by atoms with van der Waals surface area (Å²) >= 11 is 1.65. The van der Waals surface area contributed by atoms with E-state index in [2.05, 4.69) is 20.8 Å². The number of thioether (sulfide) groups is 1. The van der Waals surface area contributed by atoms with Crippen LogP contribution < -0.4 is 4.74 Å². The molecule has 6 heteroatoms. The first-order valence-electron chi connectivity index (χ1n) is 9.33. The molecule has 5 nitrogen and oxygen atoms in total. The topological polar surface area (TPSA) is 59.0 Å². The molecule has 1 amide bonds. The molecule has 0 saturated carbocycles. The van der Waals surface area contributed by atoms with E-state index in [1.54, 1.807) is 23.8 Å². The Hall–Kier alpha value is -1.40. The molecular weight excluding hydrogens is 362 g/mol. The van der Waals surface area contributed by atoms with Gasteiger partial charge in [-0.25, -0.2) is 4.79 Å². The van der Waals surface area contributed by atoms with Crippen LogP contribution in [-0.2, 0) is 4.74 Å². The number of methoxy groups -OCH3 is 1. The Morgan fingerprint density at radius 2 is 1.70 bits per heavy atom. The molecule has 1 N–H and O–H groups in total. The average Bonchev–Trinajstić information content (AvgIpc) is 2.55. The number of hydrogen-bond donors (Lipinski definition) is 1. The van der Waals surface area contributed by atoms with Crippen LogP contribution >= 0.6 is 11.8 Å². The summed E-state index contributed by atoms with van der Waals surface area (Å²) in [4.78, 5) is 14.5. The highest BCUT2D eigenvalue weighted by molar-refractivity contribution is 8.00. The van der Waals surface area contributed by atoms with E-state index in [4.69, 9.17) is 9.47 Å². The third kappa shape index (κ3) is 8.01. The number of nitrogens with zero attached hydrogens (tertiary/aromatic N) is 1. The van der Waals surface area contributed by atoms with Gasteiger partial charge in [-0.1, -0.05) is 39.8 Å². The van der Waals surface area contributed by atoms with E-state index in [0.717, 1.165) is 11.3 Å². The lowest BCUT2D eigenvalue weighted by molar-refractivity contribution is -0.00126. The maximum Gasteiger partial charge on any atom is 0.411 e. The second-order valence-electron chi connectivity index (χ2n) is 8.53. The van der Waals surface area contributed by atoms with Crippen molar-refractivity contribution in [2.24, 2.45) is 0 Å². The van der Waals surface area contributed by atoms with E-state index in [9.17, 15) is 9.90 Å². The third-order valence-electron chi connectivity index (χ3n) is 3.91. The number of ether oxygens (including phenoxy) is 2. The van der Waals surface area contributed by atoms with Crippen LogP contribution in [0.2, 0.25) is 0 Å². The average molecular weight is 398 g/mol. The largest absolute Gasteiger partial charge is 0.497 e. The van der Waals surface area contributed by atoms with Gasteiger partial charge in [0.2, 0.25) is 0 Å². The monoisotopic (exact) mass is 397 g/mol. The molecule has 0 spiro atoms. The van der Waals surface area contributed by atoms with Gasteiger partial charge in [-0.3, -0.25) is 4.90 Å². The Balaban J connectivity index is 3.10. The number of carbonyl (C=O) groups is 1. The van der Waals surface area contributed by atoms with Crippen LogP contribution in [0.1, 0.15) is 66.6 Å². The maximum atomic E-state index is 12.9. The van der Waals surface area contributed by atoms with Gasteiger partial charge in [0.05, 0.1) is 25.1 Å². The minimum atomic E-state index is -0.811. The molecule has 1 rings (SSSR count). The van der Waals surface area contributed by atoms with Crippen molar-refractivity contribution in [2.45, 2.75) is 77.4 Å². The number of rotatable bonds is 7. The molecule has 0 saturated heterocycles. The lowest BCUT2D eigenvalue weighted by atomic mass is 9.99. The summed E-state index contributed by atoms with van der Waals surface area (Å²) in [5.41, 5.74) is 0.155. The highest BCUT2D eigenvalue weighted by Gasteiger charge is 2.33. The first kappa shape index (κ1) is 23.6. The van der Waals surface area contributed by atoms with Gasteiger partial charge in [0, 0.05) is 4.75 Å². The van der Waals surface area contributed by atoms with Crippen LogP contribution in [0.15, 0.2) is 24.3 Å². The van der Waals surface area contributed by atoms with Crippen LogP contribution in [0.4, 0.5) is 4.79 Å². The lowest BCUT2D eigenvalue weighted by Gasteiger charge is -2.36. The summed E-state index contributed by atoms with van der Waals surface area (Å²) in [6, 6.07) is 6.90. The number of aliphatic hydroxyl groups is 1. The molecule has 0 aliphatic rings. The fourth-order valence-corrected chi connectivity index (χ4v) is 3.33. The standard InChI is InChI=1S/C21H35NO4S/c1-9-17(18(23)15-10-12-16(25-8)13-11-15)22(14-27-21(5,6)7)19(24)26-20(2,3)4/h10-13,17-18,23H,9,14H2,1-8H3/t17-,18+/m0/s1. The van der Waals surface area contributed by atoms with Gasteiger partial charge >= 0.3 is 6.09 Å². The van der Waals surface area contributed by atoms with Crippen LogP contribution in [0.5, 0.6) is 5.75 Å². The fraction of sp³-hybridized carbons (Fsp3) is 0.667. The van der Waals surface area contributed by atoms with Crippen molar-refractivity contribution in [1.82, 2.24) is 4.90 Å². The number of benzene rings is 1. The summed E-state index contributed by atoms with van der Waals surface area (Å²) in [5, 5.41) is 11.0. The zero-order chi connectivity index (χ0) is 20.8. The second-order valence-corrected chi connectivity index (χ2v) is 10.3. The van der Waals surface area contributed by atoms with E-state index in [1.807, 2.05) is 52.0 Å². The van der Waals surface area contributed by atoms with Crippen molar-refractivity contribution >= 4 is 17.9 Å². The molecule has 154 valence electrons. The normalized spacial score (nSPS) is 14.4. The van der Waals surface area contributed by atoms with Crippen LogP contribution in [-0.4, -0.2) is 45.5 Å². The number of hydrogen-bond acceptors (Lipinski definition) is 5. The molecular formula is C21H35NO4S. The summed E-state index contributed by atoms with van der Waals surface area (Å²) in [5.74, 6) is 1.18. The minimum Gasteiger partial charge on any atom is -0.497 e. The molecule has 1 aromatic rings. The zero-order valence-electron chi connectivity index (χ0n) is 17.9. The molecule has 27 heavy (non-hydrogen) atoms. The van der Waals surface area contributed by atoms with Crippen molar-refractivity contribution in [1.29, 1.82) is 0 Å². The Labute approximate surface area is 168 Å². The van der Waals surface area contributed by atoms with Crippen LogP contribution in [0.25, 0.3) is 0 Å². The molecule has 0 heterocycles. The summed E-state index contributed by atoms with van der Waals surface area (Å²) in [6.45, 7) is 13.8. The van der Waals surface area contributed by atoms with Gasteiger partial charge in [-0.05, 0) is 44.9 Å². The van der Waals surface area contributed by atoms with Gasteiger partial charge in [-0.15, -0.1) is 11.8 Å². The highest BCUT2D eigenvalue weighted by atomic mass is 32.2. The maximum absolute atomic E-state index is 12.9. The molecule has 0 aromatic heterocycles. The minimum absolute atomic E-state index is 0.0103. The summed E-state index contributed by atoms with van der Waals surface area (Å²) in [6.07, 6.45) is -0.607. The van der Waals surface area contributed by atoms with Crippen molar-refractivity contribution in [3.63, 3.8) is 0 Å². The number of aliphatic hydroxyl groups excluding tert-OH is 1. The van der Waals surface area contributed by atoms with E-state index >= 15 is 0 Å². The van der Waals surface area contributed by atoms with E-state index < -0.39 is 17.8 Å².